The summed E-state index contributed by atoms with van der Waals surface area (Å²) in [6.45, 7) is 6.95. The van der Waals surface area contributed by atoms with E-state index in [0.717, 1.165) is 16.9 Å². The van der Waals surface area contributed by atoms with E-state index in [1.54, 1.807) is 56.3 Å². The number of methoxy groups -OCH3 is 1. The van der Waals surface area contributed by atoms with Gasteiger partial charge in [-0.25, -0.2) is 9.78 Å². The number of aliphatic hydroxyl groups excluding tert-OH is 1. The molecule has 2 aromatic carbocycles. The molecule has 10 heteroatoms. The molecule has 0 saturated carbocycles. The maximum Gasteiger partial charge on any atom is 0.350 e. The molecule has 2 heterocycles. The Bertz CT molecular complexity index is 1440. The number of aliphatic hydroxyl groups is 1. The lowest BCUT2D eigenvalue weighted by molar-refractivity contribution is -0.132. The van der Waals surface area contributed by atoms with Crippen molar-refractivity contribution in [2.75, 3.05) is 18.6 Å². The number of halogens is 1. The van der Waals surface area contributed by atoms with Crippen molar-refractivity contribution < 1.29 is 29.0 Å². The Balaban J connectivity index is 1.88. The van der Waals surface area contributed by atoms with Gasteiger partial charge in [-0.2, -0.15) is 0 Å². The number of carbonyl (C=O) groups excluding carboxylic acids is 3. The second kappa shape index (κ2) is 10.6. The third kappa shape index (κ3) is 4.87. The number of hydrogen-bond acceptors (Lipinski definition) is 8. The molecule has 3 aromatic rings. The molecule has 0 aliphatic carbocycles. The Labute approximate surface area is 222 Å². The number of carbonyl (C=O) groups is 3. The van der Waals surface area contributed by atoms with E-state index >= 15 is 0 Å². The predicted molar refractivity (Wildman–Crippen MR) is 141 cm³/mol. The number of amides is 1. The molecular formula is C27H23ClN2O6S. The summed E-state index contributed by atoms with van der Waals surface area (Å²) in [4.78, 5) is 45.0. The molecule has 8 nitrogen and oxygen atoms in total. The van der Waals surface area contributed by atoms with Gasteiger partial charge in [-0.15, -0.1) is 0 Å². The van der Waals surface area contributed by atoms with E-state index in [1.165, 1.54) is 18.1 Å². The molecule has 0 spiro atoms. The Morgan fingerprint density at radius 2 is 1.92 bits per heavy atom. The number of rotatable bonds is 7. The van der Waals surface area contributed by atoms with Crippen LogP contribution in [0.2, 0.25) is 5.02 Å². The zero-order valence-corrected chi connectivity index (χ0v) is 21.9. The molecule has 1 saturated heterocycles. The van der Waals surface area contributed by atoms with E-state index in [1.807, 2.05) is 0 Å². The van der Waals surface area contributed by atoms with Crippen molar-refractivity contribution in [2.24, 2.45) is 0 Å². The SMILES string of the molecule is C=CCOC(=O)c1sc(N2C(=O)C(=O)/C(=C(/O)c3ccc(OC)c(C)c3)C2c2ccc(Cl)cc2)nc1C. The first-order valence-corrected chi connectivity index (χ1v) is 12.3. The highest BCUT2D eigenvalue weighted by Crippen LogP contribution is 2.44. The number of ketones is 1. The molecule has 1 N–H and O–H groups in total. The highest BCUT2D eigenvalue weighted by molar-refractivity contribution is 7.17. The van der Waals surface area contributed by atoms with Gasteiger partial charge in [-0.3, -0.25) is 14.5 Å². The Morgan fingerprint density at radius 1 is 1.22 bits per heavy atom. The van der Waals surface area contributed by atoms with Crippen molar-refractivity contribution in [2.45, 2.75) is 19.9 Å². The lowest BCUT2D eigenvalue weighted by atomic mass is 9.95. The third-order valence-corrected chi connectivity index (χ3v) is 7.20. The van der Waals surface area contributed by atoms with E-state index in [9.17, 15) is 19.5 Å². The molecule has 1 unspecified atom stereocenters. The summed E-state index contributed by atoms with van der Waals surface area (Å²) in [5, 5.41) is 11.9. The molecule has 1 aromatic heterocycles. The minimum absolute atomic E-state index is 0.0159. The van der Waals surface area contributed by atoms with E-state index < -0.39 is 23.7 Å². The van der Waals surface area contributed by atoms with Crippen LogP contribution >= 0.6 is 22.9 Å². The summed E-state index contributed by atoms with van der Waals surface area (Å²) in [6, 6.07) is 10.5. The van der Waals surface area contributed by atoms with E-state index in [2.05, 4.69) is 11.6 Å². The van der Waals surface area contributed by atoms with E-state index in [-0.39, 0.29) is 27.9 Å². The van der Waals surface area contributed by atoms with Gasteiger partial charge in [0.15, 0.2) is 5.13 Å². The Morgan fingerprint density at radius 3 is 2.54 bits per heavy atom. The minimum Gasteiger partial charge on any atom is -0.507 e. The summed E-state index contributed by atoms with van der Waals surface area (Å²) >= 11 is 7.01. The van der Waals surface area contributed by atoms with Crippen LogP contribution in [0.15, 0.2) is 60.7 Å². The van der Waals surface area contributed by atoms with Crippen molar-refractivity contribution in [1.82, 2.24) is 4.98 Å². The Hall–Kier alpha value is -3.95. The number of esters is 1. The third-order valence-electron chi connectivity index (χ3n) is 5.81. The number of aryl methyl sites for hydroxylation is 2. The van der Waals surface area contributed by atoms with Crippen molar-refractivity contribution in [3.63, 3.8) is 0 Å². The largest absolute Gasteiger partial charge is 0.507 e. The maximum atomic E-state index is 13.4. The summed E-state index contributed by atoms with van der Waals surface area (Å²) in [6.07, 6.45) is 1.44. The highest BCUT2D eigenvalue weighted by atomic mass is 35.5. The second-order valence-corrected chi connectivity index (χ2v) is 9.62. The van der Waals surface area contributed by atoms with Crippen LogP contribution in [0.25, 0.3) is 5.76 Å². The fraction of sp³-hybridized carbons (Fsp3) is 0.185. The van der Waals surface area contributed by atoms with Crippen molar-refractivity contribution in [1.29, 1.82) is 0 Å². The number of Topliss-reactive ketones (excluding diaryl/α,β-unsaturated/α-hetero) is 1. The number of anilines is 1. The average Bonchev–Trinajstić information content (AvgIpc) is 3.39. The number of thiazole rings is 1. The van der Waals surface area contributed by atoms with Crippen LogP contribution < -0.4 is 9.64 Å². The highest BCUT2D eigenvalue weighted by Gasteiger charge is 2.48. The number of benzene rings is 2. The second-order valence-electron chi connectivity index (χ2n) is 8.20. The molecule has 1 aliphatic heterocycles. The summed E-state index contributed by atoms with van der Waals surface area (Å²) < 4.78 is 10.4. The molecule has 0 bridgehead atoms. The first-order valence-electron chi connectivity index (χ1n) is 11.1. The monoisotopic (exact) mass is 538 g/mol. The molecule has 1 fully saturated rings. The minimum atomic E-state index is -1.01. The molecule has 4 rings (SSSR count). The van der Waals surface area contributed by atoms with Gasteiger partial charge >= 0.3 is 11.9 Å². The van der Waals surface area contributed by atoms with Gasteiger partial charge < -0.3 is 14.6 Å². The predicted octanol–water partition coefficient (Wildman–Crippen LogP) is 5.39. The van der Waals surface area contributed by atoms with E-state index in [4.69, 9.17) is 21.1 Å². The van der Waals surface area contributed by atoms with Crippen LogP contribution in [-0.4, -0.2) is 41.5 Å². The van der Waals surface area contributed by atoms with Gasteiger partial charge in [0.1, 0.15) is 23.0 Å². The quantitative estimate of drug-likeness (QED) is 0.141. The molecule has 0 radical (unpaired) electrons. The van der Waals surface area contributed by atoms with E-state index in [0.29, 0.717) is 27.6 Å². The summed E-state index contributed by atoms with van der Waals surface area (Å²) in [5.74, 6) is -2.11. The summed E-state index contributed by atoms with van der Waals surface area (Å²) in [5.41, 5.74) is 1.84. The van der Waals surface area contributed by atoms with Crippen LogP contribution in [0.1, 0.15) is 38.1 Å². The maximum absolute atomic E-state index is 13.4. The zero-order chi connectivity index (χ0) is 26.9. The number of aromatic nitrogens is 1. The van der Waals surface area contributed by atoms with Gasteiger partial charge in [0.2, 0.25) is 0 Å². The molecular weight excluding hydrogens is 516 g/mol. The molecule has 1 aliphatic rings. The first-order chi connectivity index (χ1) is 17.7. The number of hydrogen-bond donors (Lipinski definition) is 1. The normalized spacial score (nSPS) is 16.6. The smallest absolute Gasteiger partial charge is 0.350 e. The van der Waals surface area contributed by atoms with Crippen LogP contribution in [0, 0.1) is 13.8 Å². The van der Waals surface area contributed by atoms with Crippen molar-refractivity contribution >= 4 is 51.5 Å². The van der Waals surface area contributed by atoms with Crippen LogP contribution in [0.3, 0.4) is 0 Å². The van der Waals surface area contributed by atoms with Crippen LogP contribution in [0.5, 0.6) is 5.75 Å². The fourth-order valence-corrected chi connectivity index (χ4v) is 5.16. The number of ether oxygens (including phenoxy) is 2. The molecule has 1 atom stereocenters. The van der Waals surface area contributed by atoms with Gasteiger partial charge in [0.05, 0.1) is 24.4 Å². The zero-order valence-electron chi connectivity index (χ0n) is 20.3. The molecule has 1 amide bonds. The van der Waals surface area contributed by atoms with Gasteiger partial charge in [0, 0.05) is 10.6 Å². The van der Waals surface area contributed by atoms with Gasteiger partial charge in [-0.05, 0) is 55.3 Å². The number of nitrogens with zero attached hydrogens (tertiary/aromatic N) is 2. The van der Waals surface area contributed by atoms with Crippen molar-refractivity contribution in [3.05, 3.63) is 93.0 Å². The van der Waals surface area contributed by atoms with Crippen LogP contribution in [0.4, 0.5) is 5.13 Å². The standard InChI is InChI=1S/C27H23ClN2O6S/c1-5-12-36-26(34)24-15(3)29-27(37-24)30-21(16-6-9-18(28)10-7-16)20(23(32)25(30)33)22(31)17-8-11-19(35-4)14(2)13-17/h5-11,13,21,31H,1,12H2,2-4H3/b22-20+. The summed E-state index contributed by atoms with van der Waals surface area (Å²) in [7, 11) is 1.53. The van der Waals surface area contributed by atoms with Crippen LogP contribution in [-0.2, 0) is 14.3 Å². The Kier molecular flexibility index (Phi) is 7.47. The molecule has 190 valence electrons. The lowest BCUT2D eigenvalue weighted by Gasteiger charge is -2.23. The average molecular weight is 539 g/mol. The topological polar surface area (TPSA) is 106 Å². The molecule has 37 heavy (non-hydrogen) atoms. The fourth-order valence-electron chi connectivity index (χ4n) is 4.05. The van der Waals surface area contributed by atoms with Gasteiger partial charge in [-0.1, -0.05) is 47.7 Å². The van der Waals surface area contributed by atoms with Crippen molar-refractivity contribution in [3.8, 4) is 5.75 Å². The van der Waals surface area contributed by atoms with Gasteiger partial charge in [0.25, 0.3) is 5.78 Å². The first kappa shape index (κ1) is 26.1. The lowest BCUT2D eigenvalue weighted by Crippen LogP contribution is -2.29.